The van der Waals surface area contributed by atoms with E-state index in [2.05, 4.69) is 10.3 Å². The number of anilines is 1. The lowest BCUT2D eigenvalue weighted by atomic mass is 9.93. The molecule has 1 aliphatic heterocycles. The van der Waals surface area contributed by atoms with Crippen LogP contribution in [0.15, 0.2) is 59.6 Å². The molecule has 1 unspecified atom stereocenters. The number of benzodiazepines with no additional fused rings is 1. The first-order valence-electron chi connectivity index (χ1n) is 10.4. The van der Waals surface area contributed by atoms with Crippen molar-refractivity contribution in [3.63, 3.8) is 0 Å². The van der Waals surface area contributed by atoms with E-state index in [1.807, 2.05) is 68.4 Å². The van der Waals surface area contributed by atoms with Gasteiger partial charge < -0.3 is 16.0 Å². The highest BCUT2D eigenvalue weighted by molar-refractivity contribution is 6.20. The molecule has 0 aromatic heterocycles. The molecule has 0 spiro atoms. The fourth-order valence-electron chi connectivity index (χ4n) is 3.79. The van der Waals surface area contributed by atoms with Crippen LogP contribution in [0.1, 0.15) is 37.8 Å². The minimum Gasteiger partial charge on any atom is -0.370 e. The maximum absolute atomic E-state index is 13.2. The smallest absolute Gasteiger partial charge is 0.272 e. The second-order valence-corrected chi connectivity index (χ2v) is 8.17. The highest BCUT2D eigenvalue weighted by atomic mass is 16.2. The van der Waals surface area contributed by atoms with Crippen LogP contribution in [0.3, 0.4) is 0 Å². The number of hydrogen-bond acceptors (Lipinski definition) is 4. The standard InChI is InChI=1S/C24H28N4O3/c1-15(2)13-17(14-20(25)29)23(30)27-22-24(31)28(3)19-12-8-7-11-18(19)21(26-22)16-9-5-4-6-10-16/h4-12,15,17,22H,13-14H2,1-3H3,(H2,25,29)(H,27,30)/t17-,22?/m1/s1. The van der Waals surface area contributed by atoms with Crippen molar-refractivity contribution in [2.45, 2.75) is 32.9 Å². The van der Waals surface area contributed by atoms with Gasteiger partial charge in [0, 0.05) is 30.5 Å². The lowest BCUT2D eigenvalue weighted by molar-refractivity contribution is -0.132. The van der Waals surface area contributed by atoms with Crippen LogP contribution >= 0.6 is 0 Å². The summed E-state index contributed by atoms with van der Waals surface area (Å²) in [4.78, 5) is 43.9. The van der Waals surface area contributed by atoms with Crippen LogP contribution < -0.4 is 16.0 Å². The average molecular weight is 421 g/mol. The van der Waals surface area contributed by atoms with Gasteiger partial charge >= 0.3 is 0 Å². The molecule has 2 aromatic carbocycles. The van der Waals surface area contributed by atoms with E-state index >= 15 is 0 Å². The fourth-order valence-corrected chi connectivity index (χ4v) is 3.79. The van der Waals surface area contributed by atoms with Gasteiger partial charge in [0.2, 0.25) is 18.0 Å². The summed E-state index contributed by atoms with van der Waals surface area (Å²) in [5.41, 5.74) is 8.32. The van der Waals surface area contributed by atoms with E-state index in [9.17, 15) is 14.4 Å². The number of nitrogens with two attached hydrogens (primary N) is 1. The molecule has 0 saturated carbocycles. The molecule has 0 saturated heterocycles. The van der Waals surface area contributed by atoms with Crippen LogP contribution in [0, 0.1) is 11.8 Å². The normalized spacial score (nSPS) is 16.9. The Morgan fingerprint density at radius 1 is 1.10 bits per heavy atom. The van der Waals surface area contributed by atoms with Crippen molar-refractivity contribution < 1.29 is 14.4 Å². The third-order valence-electron chi connectivity index (χ3n) is 5.24. The molecule has 7 heteroatoms. The summed E-state index contributed by atoms with van der Waals surface area (Å²) in [5, 5.41) is 2.76. The summed E-state index contributed by atoms with van der Waals surface area (Å²) in [6, 6.07) is 17.0. The van der Waals surface area contributed by atoms with Crippen LogP contribution in [-0.2, 0) is 14.4 Å². The summed E-state index contributed by atoms with van der Waals surface area (Å²) < 4.78 is 0. The number of amides is 3. The number of carbonyl (C=O) groups excluding carboxylic acids is 3. The molecular formula is C24H28N4O3. The highest BCUT2D eigenvalue weighted by Gasteiger charge is 2.33. The lowest BCUT2D eigenvalue weighted by Gasteiger charge is -2.23. The SMILES string of the molecule is CC(C)C[C@H](CC(N)=O)C(=O)NC1N=C(c2ccccc2)c2ccccc2N(C)C1=O. The number of nitrogens with zero attached hydrogens (tertiary/aromatic N) is 2. The van der Waals surface area contributed by atoms with Gasteiger partial charge in [0.05, 0.1) is 11.4 Å². The molecule has 0 radical (unpaired) electrons. The Kier molecular flexibility index (Phi) is 6.84. The van der Waals surface area contributed by atoms with Gasteiger partial charge in [-0.1, -0.05) is 62.4 Å². The van der Waals surface area contributed by atoms with E-state index in [1.165, 1.54) is 4.90 Å². The number of benzene rings is 2. The van der Waals surface area contributed by atoms with Gasteiger partial charge in [-0.25, -0.2) is 4.99 Å². The molecule has 2 aromatic rings. The number of fused-ring (bicyclic) bond motifs is 1. The lowest BCUT2D eigenvalue weighted by Crippen LogP contribution is -2.48. The number of hydrogen-bond donors (Lipinski definition) is 2. The summed E-state index contributed by atoms with van der Waals surface area (Å²) >= 11 is 0. The molecule has 1 heterocycles. The van der Waals surface area contributed by atoms with E-state index in [0.29, 0.717) is 17.8 Å². The number of carbonyl (C=O) groups is 3. The van der Waals surface area contributed by atoms with E-state index < -0.39 is 23.9 Å². The molecule has 0 bridgehead atoms. The Morgan fingerprint density at radius 2 is 1.74 bits per heavy atom. The molecule has 1 aliphatic rings. The van der Waals surface area contributed by atoms with Crippen LogP contribution in [0.5, 0.6) is 0 Å². The number of likely N-dealkylation sites (N-methyl/N-ethyl adjacent to an activating group) is 1. The summed E-state index contributed by atoms with van der Waals surface area (Å²) in [6.45, 7) is 3.93. The van der Waals surface area contributed by atoms with Crippen molar-refractivity contribution in [3.05, 3.63) is 65.7 Å². The van der Waals surface area contributed by atoms with Gasteiger partial charge in [0.25, 0.3) is 5.91 Å². The number of aliphatic imine (C=N–C) groups is 1. The number of primary amides is 1. The minimum absolute atomic E-state index is 0.0732. The minimum atomic E-state index is -1.11. The molecule has 162 valence electrons. The highest BCUT2D eigenvalue weighted by Crippen LogP contribution is 2.27. The van der Waals surface area contributed by atoms with Crippen molar-refractivity contribution in [1.82, 2.24) is 5.32 Å². The first-order chi connectivity index (χ1) is 14.8. The Hall–Kier alpha value is -3.48. The summed E-state index contributed by atoms with van der Waals surface area (Å²) in [7, 11) is 1.67. The molecule has 0 fully saturated rings. The van der Waals surface area contributed by atoms with Gasteiger partial charge in [-0.3, -0.25) is 14.4 Å². The van der Waals surface area contributed by atoms with Crippen LogP contribution in [0.4, 0.5) is 5.69 Å². The van der Waals surface area contributed by atoms with E-state index in [0.717, 1.165) is 11.1 Å². The Bertz CT molecular complexity index is 1000. The van der Waals surface area contributed by atoms with Crippen molar-refractivity contribution in [1.29, 1.82) is 0 Å². The van der Waals surface area contributed by atoms with Gasteiger partial charge in [-0.05, 0) is 18.4 Å². The molecule has 3 N–H and O–H groups in total. The second kappa shape index (κ2) is 9.55. The molecule has 3 rings (SSSR count). The molecule has 3 amide bonds. The van der Waals surface area contributed by atoms with Gasteiger partial charge in [-0.2, -0.15) is 0 Å². The molecule has 2 atom stereocenters. The maximum Gasteiger partial charge on any atom is 0.272 e. The van der Waals surface area contributed by atoms with Crippen molar-refractivity contribution in [2.24, 2.45) is 22.6 Å². The predicted molar refractivity (Wildman–Crippen MR) is 121 cm³/mol. The third kappa shape index (κ3) is 5.17. The van der Waals surface area contributed by atoms with E-state index in [4.69, 9.17) is 5.73 Å². The Morgan fingerprint density at radius 3 is 2.39 bits per heavy atom. The zero-order chi connectivity index (χ0) is 22.5. The number of rotatable bonds is 7. The Labute approximate surface area is 182 Å². The molecular weight excluding hydrogens is 392 g/mol. The average Bonchev–Trinajstić information content (AvgIpc) is 2.84. The van der Waals surface area contributed by atoms with E-state index in [1.54, 1.807) is 7.05 Å². The topological polar surface area (TPSA) is 105 Å². The quantitative estimate of drug-likeness (QED) is 0.719. The van der Waals surface area contributed by atoms with Crippen LogP contribution in [0.2, 0.25) is 0 Å². The van der Waals surface area contributed by atoms with Crippen LogP contribution in [0.25, 0.3) is 0 Å². The number of nitrogens with one attached hydrogen (secondary N) is 1. The fraction of sp³-hybridized carbons (Fsp3) is 0.333. The summed E-state index contributed by atoms with van der Waals surface area (Å²) in [5.74, 6) is -1.73. The van der Waals surface area contributed by atoms with Crippen molar-refractivity contribution in [3.8, 4) is 0 Å². The maximum atomic E-state index is 13.2. The molecule has 0 aliphatic carbocycles. The van der Waals surface area contributed by atoms with Gasteiger partial charge in [0.15, 0.2) is 0 Å². The largest absolute Gasteiger partial charge is 0.370 e. The Balaban J connectivity index is 2.00. The molecule has 7 nitrogen and oxygen atoms in total. The zero-order valence-corrected chi connectivity index (χ0v) is 18.0. The third-order valence-corrected chi connectivity index (χ3v) is 5.24. The zero-order valence-electron chi connectivity index (χ0n) is 18.0. The first-order valence-corrected chi connectivity index (χ1v) is 10.4. The summed E-state index contributed by atoms with van der Waals surface area (Å²) in [6.07, 6.45) is -0.695. The molecule has 31 heavy (non-hydrogen) atoms. The van der Waals surface area contributed by atoms with Crippen molar-refractivity contribution in [2.75, 3.05) is 11.9 Å². The first kappa shape index (κ1) is 22.2. The van der Waals surface area contributed by atoms with Gasteiger partial charge in [0.1, 0.15) is 0 Å². The monoisotopic (exact) mass is 420 g/mol. The second-order valence-electron chi connectivity index (χ2n) is 8.17. The van der Waals surface area contributed by atoms with E-state index in [-0.39, 0.29) is 18.2 Å². The van der Waals surface area contributed by atoms with Gasteiger partial charge in [-0.15, -0.1) is 0 Å². The van der Waals surface area contributed by atoms with Crippen molar-refractivity contribution >= 4 is 29.1 Å². The van der Waals surface area contributed by atoms with Crippen LogP contribution in [-0.4, -0.2) is 36.6 Å². The number of para-hydroxylation sites is 1. The predicted octanol–water partition coefficient (Wildman–Crippen LogP) is 2.48.